The zero-order valence-electron chi connectivity index (χ0n) is 45.4. The lowest BCUT2D eigenvalue weighted by Crippen LogP contribution is -2.85. The Hall–Kier alpha value is -9.04. The minimum absolute atomic E-state index is 0.0438. The third-order valence-corrected chi connectivity index (χ3v) is 25.4. The third-order valence-electron chi connectivity index (χ3n) is 20.3. The van der Waals surface area contributed by atoms with E-state index in [1.807, 2.05) is 0 Å². The average molecular weight is 1060 g/mol. The normalized spacial score (nSPS) is 19.8. The number of para-hydroxylation sites is 2. The maximum absolute atomic E-state index is 6.83. The van der Waals surface area contributed by atoms with Crippen LogP contribution in [0.1, 0.15) is 57.9 Å². The van der Waals surface area contributed by atoms with Gasteiger partial charge in [-0.3, -0.25) is 0 Å². The third kappa shape index (κ3) is 5.96. The summed E-state index contributed by atoms with van der Waals surface area (Å²) in [4.78, 5) is 8.07. The highest BCUT2D eigenvalue weighted by atomic mass is 28.3. The van der Waals surface area contributed by atoms with Crippen LogP contribution < -0.4 is 46.6 Å². The lowest BCUT2D eigenvalue weighted by molar-refractivity contribution is 0.195. The number of hydrogen-bond acceptors (Lipinski definition) is 5. The quantitative estimate of drug-likeness (QED) is 0.155. The van der Waals surface area contributed by atoms with Gasteiger partial charge in [0.05, 0.1) is 5.54 Å². The first-order valence-corrected chi connectivity index (χ1v) is 31.2. The fourth-order valence-corrected chi connectivity index (χ4v) is 22.2. The van der Waals surface area contributed by atoms with Crippen molar-refractivity contribution in [3.63, 3.8) is 0 Å². The minimum atomic E-state index is -3.00. The van der Waals surface area contributed by atoms with Crippen LogP contribution in [0.3, 0.4) is 0 Å². The Labute approximate surface area is 472 Å². The molecule has 2 aliphatic carbocycles. The number of fused-ring (bicyclic) bond motifs is 9. The second-order valence-electron chi connectivity index (χ2n) is 24.1. The highest BCUT2D eigenvalue weighted by Gasteiger charge is 2.60. The molecule has 0 spiro atoms. The molecule has 6 heterocycles. The van der Waals surface area contributed by atoms with E-state index in [1.165, 1.54) is 95.6 Å². The van der Waals surface area contributed by atoms with E-state index in [0.717, 1.165) is 80.9 Å². The highest BCUT2D eigenvalue weighted by Crippen LogP contribution is 2.62. The molecule has 0 saturated heterocycles. The van der Waals surface area contributed by atoms with Gasteiger partial charge in [0.25, 0.3) is 6.71 Å². The molecule has 386 valence electrons. The van der Waals surface area contributed by atoms with Crippen LogP contribution in [0.5, 0.6) is 0 Å². The first kappa shape index (κ1) is 45.8. The molecule has 1 fully saturated rings. The van der Waals surface area contributed by atoms with Crippen molar-refractivity contribution in [2.45, 2.75) is 63.3 Å². The Morgan fingerprint density at radius 2 is 1.04 bits per heavy atom. The Bertz CT molecular complexity index is 4550. The van der Waals surface area contributed by atoms with Gasteiger partial charge in [0.1, 0.15) is 22.3 Å². The molecule has 2 atom stereocenters. The van der Waals surface area contributed by atoms with Crippen molar-refractivity contribution < 1.29 is 8.83 Å². The Morgan fingerprint density at radius 3 is 1.65 bits per heavy atom. The van der Waals surface area contributed by atoms with Crippen molar-refractivity contribution in [1.82, 2.24) is 0 Å². The molecule has 18 rings (SSSR count). The number of rotatable bonds is 6. The van der Waals surface area contributed by atoms with Crippen LogP contribution >= 0.6 is 0 Å². The number of allylic oxidation sites excluding steroid dienone is 4. The second kappa shape index (κ2) is 16.5. The number of nitrogens with zero attached hydrogens (tertiary/aromatic N) is 3. The summed E-state index contributed by atoms with van der Waals surface area (Å²) in [6.45, 7) is 5.11. The maximum Gasteiger partial charge on any atom is 0.251 e. The van der Waals surface area contributed by atoms with Gasteiger partial charge in [-0.25, -0.2) is 0 Å². The van der Waals surface area contributed by atoms with E-state index in [-0.39, 0.29) is 17.7 Å². The van der Waals surface area contributed by atoms with E-state index in [2.05, 4.69) is 259 Å². The summed E-state index contributed by atoms with van der Waals surface area (Å²) >= 11 is 0. The molecule has 81 heavy (non-hydrogen) atoms. The zero-order chi connectivity index (χ0) is 53.3. The van der Waals surface area contributed by atoms with E-state index < -0.39 is 8.07 Å². The van der Waals surface area contributed by atoms with Crippen LogP contribution in [0.25, 0.3) is 55.0 Å². The molecular formula is C74H56BN3O2Si. The summed E-state index contributed by atoms with van der Waals surface area (Å²) in [5, 5.41) is 10.5. The van der Waals surface area contributed by atoms with E-state index >= 15 is 0 Å². The van der Waals surface area contributed by atoms with Gasteiger partial charge in [-0.15, -0.1) is 0 Å². The molecule has 0 radical (unpaired) electrons. The second-order valence-corrected chi connectivity index (χ2v) is 27.9. The highest BCUT2D eigenvalue weighted by molar-refractivity contribution is 7.24. The molecule has 1 saturated carbocycles. The summed E-state index contributed by atoms with van der Waals surface area (Å²) in [7, 11) is -3.00. The van der Waals surface area contributed by atoms with Crippen LogP contribution in [0.4, 0.5) is 45.5 Å². The zero-order valence-corrected chi connectivity index (χ0v) is 46.4. The smallest absolute Gasteiger partial charge is 0.251 e. The fourth-order valence-electron chi connectivity index (χ4n) is 16.7. The van der Waals surface area contributed by atoms with Gasteiger partial charge < -0.3 is 23.5 Å². The van der Waals surface area contributed by atoms with Crippen molar-refractivity contribution in [3.05, 3.63) is 241 Å². The van der Waals surface area contributed by atoms with E-state index in [4.69, 9.17) is 8.83 Å². The number of furan rings is 2. The predicted octanol–water partition coefficient (Wildman–Crippen LogP) is 15.6. The van der Waals surface area contributed by atoms with Gasteiger partial charge in [0.15, 0.2) is 8.07 Å². The molecule has 0 bridgehead atoms. The largest absolute Gasteiger partial charge is 0.456 e. The lowest BCUT2D eigenvalue weighted by atomic mass is 9.33. The van der Waals surface area contributed by atoms with Crippen molar-refractivity contribution in [2.24, 2.45) is 0 Å². The molecule has 0 N–H and O–H groups in total. The Kier molecular flexibility index (Phi) is 9.34. The monoisotopic (exact) mass is 1060 g/mol. The molecule has 5 nitrogen and oxygen atoms in total. The first-order valence-electron chi connectivity index (χ1n) is 29.2. The van der Waals surface area contributed by atoms with Crippen LogP contribution in [0.15, 0.2) is 245 Å². The van der Waals surface area contributed by atoms with Gasteiger partial charge in [-0.1, -0.05) is 171 Å². The summed E-state index contributed by atoms with van der Waals surface area (Å²) in [5.41, 5.74) is 21.0. The number of hydrogen-bond donors (Lipinski definition) is 0. The van der Waals surface area contributed by atoms with Crippen LogP contribution in [-0.2, 0) is 5.41 Å². The van der Waals surface area contributed by atoms with Crippen LogP contribution in [0.2, 0.25) is 0 Å². The summed E-state index contributed by atoms with van der Waals surface area (Å²) in [6, 6.07) is 80.7. The SMILES string of the molecule is CC12CCCCC1(C)N(c1cc3c4c(c1)N(c1ccc5c(c1)oc1ccccc15)c1cccc5c1B4c1c(cccc1[Si]5(C1=CC=CCC1)c1ccccc1)N3c1ccc3c(c1)oc1ccccc13)c1ccc(-c3ccccc3)cc12. The van der Waals surface area contributed by atoms with E-state index in [1.54, 1.807) is 5.20 Å². The van der Waals surface area contributed by atoms with E-state index in [9.17, 15) is 0 Å². The topological polar surface area (TPSA) is 36.0 Å². The predicted molar refractivity (Wildman–Crippen MR) is 341 cm³/mol. The van der Waals surface area contributed by atoms with Gasteiger partial charge in [-0.05, 0) is 154 Å². The molecule has 2 aromatic heterocycles. The lowest BCUT2D eigenvalue weighted by Gasteiger charge is -2.53. The summed E-state index contributed by atoms with van der Waals surface area (Å²) < 4.78 is 13.7. The van der Waals surface area contributed by atoms with Crippen molar-refractivity contribution in [1.29, 1.82) is 0 Å². The molecule has 2 unspecified atom stereocenters. The minimum Gasteiger partial charge on any atom is -0.456 e. The molecule has 4 aliphatic heterocycles. The summed E-state index contributed by atoms with van der Waals surface area (Å²) in [6.07, 6.45) is 13.8. The number of anilines is 8. The van der Waals surface area contributed by atoms with Gasteiger partial charge >= 0.3 is 0 Å². The van der Waals surface area contributed by atoms with Gasteiger partial charge in [0, 0.05) is 84.6 Å². The van der Waals surface area contributed by atoms with Crippen LogP contribution in [0, 0.1) is 0 Å². The molecule has 10 aromatic carbocycles. The van der Waals surface area contributed by atoms with Crippen molar-refractivity contribution >= 4 is 136 Å². The average Bonchev–Trinajstić information content (AvgIpc) is 4.07. The molecule has 12 aromatic rings. The Morgan fingerprint density at radius 1 is 0.457 bits per heavy atom. The Balaban J connectivity index is 0.980. The van der Waals surface area contributed by atoms with Crippen molar-refractivity contribution in [3.8, 4) is 11.1 Å². The van der Waals surface area contributed by atoms with E-state index in [0.29, 0.717) is 0 Å². The molecular weight excluding hydrogens is 1000 g/mol. The maximum atomic E-state index is 6.83. The van der Waals surface area contributed by atoms with Crippen molar-refractivity contribution in [2.75, 3.05) is 14.7 Å². The molecule has 0 amide bonds. The van der Waals surface area contributed by atoms with Gasteiger partial charge in [0.2, 0.25) is 0 Å². The molecule has 7 heteroatoms. The van der Waals surface area contributed by atoms with Gasteiger partial charge in [-0.2, -0.15) is 0 Å². The standard InChI is InChI=1S/C74H56BN3O2Si/c1-73-40-16-17-41-74(73,2)78(59-39-34-48(42-58(59)73)47-20-6-3-7-21-47)51-43-62-70-63(44-51)77(50-36-38-57-55-27-13-15-31-65(55)80-67(57)46-50)61-29-19-33-69-72(61)75(70)71-60(76(62)49-35-37-56-54-26-12-14-30-64(54)79-66(56)45-49)28-18-32-68(71)81(69,52-22-8-4-9-23-52)53-24-10-5-11-25-53/h3-10,12-15,18-24,26-39,42-46H,11,16-17,25,40-41H2,1-2H3. The number of benzene rings is 10. The molecule has 6 aliphatic rings. The fraction of sp³-hybridized carbons (Fsp3) is 0.135. The summed E-state index contributed by atoms with van der Waals surface area (Å²) in [5.74, 6) is 0. The first-order chi connectivity index (χ1) is 39.9. The van der Waals surface area contributed by atoms with Crippen LogP contribution in [-0.4, -0.2) is 20.3 Å².